The molecular weight excluding hydrogens is 256 g/mol. The second-order valence-electron chi connectivity index (χ2n) is 5.30. The summed E-state index contributed by atoms with van der Waals surface area (Å²) in [6.07, 6.45) is 3.79. The number of hydrogen-bond donors (Lipinski definition) is 2. The number of nitrogens with one attached hydrogen (secondary N) is 2. The van der Waals surface area contributed by atoms with E-state index in [2.05, 4.69) is 17.6 Å². The zero-order valence-electron chi connectivity index (χ0n) is 12.3. The first-order valence-corrected chi connectivity index (χ1v) is 7.49. The van der Waals surface area contributed by atoms with Crippen molar-refractivity contribution in [2.45, 2.75) is 38.5 Å². The van der Waals surface area contributed by atoms with Crippen LogP contribution in [0.3, 0.4) is 0 Å². The molecule has 114 valence electrons. The molecule has 1 aromatic heterocycles. The van der Waals surface area contributed by atoms with Crippen LogP contribution in [0.5, 0.6) is 0 Å². The Morgan fingerprint density at radius 3 is 3.25 bits per heavy atom. The second-order valence-corrected chi connectivity index (χ2v) is 5.30. The van der Waals surface area contributed by atoms with Crippen molar-refractivity contribution < 1.29 is 13.9 Å². The third-order valence-electron chi connectivity index (χ3n) is 3.42. The average molecular weight is 282 g/mol. The molecule has 0 radical (unpaired) electrons. The molecule has 1 aliphatic heterocycles. The molecule has 2 heterocycles. The van der Waals surface area contributed by atoms with Crippen LogP contribution in [0.2, 0.25) is 0 Å². The monoisotopic (exact) mass is 282 g/mol. The van der Waals surface area contributed by atoms with Crippen molar-refractivity contribution in [2.24, 2.45) is 0 Å². The van der Waals surface area contributed by atoms with E-state index in [1.165, 1.54) is 0 Å². The first-order chi connectivity index (χ1) is 9.84. The molecule has 1 fully saturated rings. The van der Waals surface area contributed by atoms with Gasteiger partial charge in [0.25, 0.3) is 0 Å². The molecular formula is C15H26N2O3. The largest absolute Gasteiger partial charge is 0.467 e. The summed E-state index contributed by atoms with van der Waals surface area (Å²) < 4.78 is 16.2. The molecule has 0 amide bonds. The topological polar surface area (TPSA) is 55.7 Å². The fourth-order valence-electron chi connectivity index (χ4n) is 2.37. The summed E-state index contributed by atoms with van der Waals surface area (Å²) in [6, 6.07) is 4.80. The van der Waals surface area contributed by atoms with Gasteiger partial charge in [-0.2, -0.15) is 0 Å². The van der Waals surface area contributed by atoms with E-state index in [0.29, 0.717) is 18.7 Å². The molecule has 20 heavy (non-hydrogen) atoms. The van der Waals surface area contributed by atoms with Crippen molar-refractivity contribution in [1.29, 1.82) is 0 Å². The normalized spacial score (nSPS) is 20.9. The van der Waals surface area contributed by atoms with Crippen LogP contribution >= 0.6 is 0 Å². The lowest BCUT2D eigenvalue weighted by Gasteiger charge is -2.26. The molecule has 2 atom stereocenters. The maximum Gasteiger partial charge on any atom is 0.129 e. The highest BCUT2D eigenvalue weighted by molar-refractivity contribution is 4.95. The van der Waals surface area contributed by atoms with E-state index in [1.54, 1.807) is 6.26 Å². The minimum Gasteiger partial charge on any atom is -0.467 e. The maximum atomic E-state index is 5.54. The lowest BCUT2D eigenvalue weighted by Crippen LogP contribution is -2.45. The number of hydrogen-bond acceptors (Lipinski definition) is 5. The van der Waals surface area contributed by atoms with Crippen molar-refractivity contribution in [3.8, 4) is 0 Å². The first kappa shape index (κ1) is 15.5. The average Bonchev–Trinajstić information content (AvgIpc) is 2.97. The highest BCUT2D eigenvalue weighted by atomic mass is 16.5. The Morgan fingerprint density at radius 1 is 1.55 bits per heavy atom. The van der Waals surface area contributed by atoms with Gasteiger partial charge in [-0.15, -0.1) is 0 Å². The van der Waals surface area contributed by atoms with Crippen molar-refractivity contribution in [2.75, 3.05) is 32.9 Å². The molecule has 2 rings (SSSR count). The highest BCUT2D eigenvalue weighted by Crippen LogP contribution is 2.03. The summed E-state index contributed by atoms with van der Waals surface area (Å²) >= 11 is 0. The highest BCUT2D eigenvalue weighted by Gasteiger charge is 2.15. The van der Waals surface area contributed by atoms with Gasteiger partial charge < -0.3 is 24.5 Å². The van der Waals surface area contributed by atoms with Gasteiger partial charge in [0.15, 0.2) is 0 Å². The zero-order chi connectivity index (χ0) is 14.0. The molecule has 2 N–H and O–H groups in total. The second kappa shape index (κ2) is 9.13. The number of furan rings is 1. The molecule has 1 aromatic rings. The van der Waals surface area contributed by atoms with Gasteiger partial charge >= 0.3 is 0 Å². The molecule has 0 bridgehead atoms. The van der Waals surface area contributed by atoms with E-state index in [9.17, 15) is 0 Å². The summed E-state index contributed by atoms with van der Waals surface area (Å²) in [6.45, 7) is 7.16. The van der Waals surface area contributed by atoms with E-state index in [0.717, 1.165) is 51.5 Å². The zero-order valence-corrected chi connectivity index (χ0v) is 12.3. The van der Waals surface area contributed by atoms with Gasteiger partial charge in [-0.3, -0.25) is 0 Å². The molecule has 2 unspecified atom stereocenters. The number of ether oxygens (including phenoxy) is 2. The van der Waals surface area contributed by atoms with Crippen LogP contribution in [0.25, 0.3) is 0 Å². The third kappa shape index (κ3) is 6.05. The van der Waals surface area contributed by atoms with Crippen molar-refractivity contribution in [1.82, 2.24) is 10.6 Å². The maximum absolute atomic E-state index is 5.54. The fraction of sp³-hybridized carbons (Fsp3) is 0.733. The van der Waals surface area contributed by atoms with E-state index < -0.39 is 0 Å². The van der Waals surface area contributed by atoms with Gasteiger partial charge in [0.05, 0.1) is 19.5 Å². The standard InChI is InChI=1S/C15H26N2O3/c1-13(10-14-11-19-9-6-17-14)16-5-3-7-18-12-15-4-2-8-20-15/h2,4,8,13-14,16-17H,3,5-7,9-12H2,1H3. The Bertz CT molecular complexity index is 337. The summed E-state index contributed by atoms with van der Waals surface area (Å²) in [5.41, 5.74) is 0. The van der Waals surface area contributed by atoms with Gasteiger partial charge in [0.2, 0.25) is 0 Å². The quantitative estimate of drug-likeness (QED) is 0.673. The Labute approximate surface area is 121 Å². The molecule has 1 aliphatic rings. The Balaban J connectivity index is 1.43. The van der Waals surface area contributed by atoms with Crippen LogP contribution in [0.15, 0.2) is 22.8 Å². The molecule has 5 nitrogen and oxygen atoms in total. The predicted octanol–water partition coefficient (Wildman–Crippen LogP) is 1.54. The third-order valence-corrected chi connectivity index (χ3v) is 3.42. The lowest BCUT2D eigenvalue weighted by molar-refractivity contribution is 0.0708. The molecule has 0 aromatic carbocycles. The van der Waals surface area contributed by atoms with Gasteiger partial charge in [0, 0.05) is 25.2 Å². The molecule has 1 saturated heterocycles. The van der Waals surface area contributed by atoms with E-state index in [1.807, 2.05) is 12.1 Å². The fourth-order valence-corrected chi connectivity index (χ4v) is 2.37. The summed E-state index contributed by atoms with van der Waals surface area (Å²) in [4.78, 5) is 0. The number of rotatable bonds is 9. The first-order valence-electron chi connectivity index (χ1n) is 7.49. The Morgan fingerprint density at radius 2 is 2.50 bits per heavy atom. The molecule has 5 heteroatoms. The minimum atomic E-state index is 0.487. The van der Waals surface area contributed by atoms with Gasteiger partial charge in [-0.25, -0.2) is 0 Å². The predicted molar refractivity (Wildman–Crippen MR) is 77.7 cm³/mol. The smallest absolute Gasteiger partial charge is 0.129 e. The van der Waals surface area contributed by atoms with Crippen LogP contribution < -0.4 is 10.6 Å². The summed E-state index contributed by atoms with van der Waals surface area (Å²) in [7, 11) is 0. The molecule has 0 saturated carbocycles. The van der Waals surface area contributed by atoms with Crippen LogP contribution in [-0.2, 0) is 16.1 Å². The van der Waals surface area contributed by atoms with Gasteiger partial charge in [-0.05, 0) is 38.4 Å². The van der Waals surface area contributed by atoms with Gasteiger partial charge in [-0.1, -0.05) is 0 Å². The van der Waals surface area contributed by atoms with E-state index in [4.69, 9.17) is 13.9 Å². The summed E-state index contributed by atoms with van der Waals surface area (Å²) in [5, 5.41) is 7.00. The Kier molecular flexibility index (Phi) is 7.08. The van der Waals surface area contributed by atoms with Crippen molar-refractivity contribution >= 4 is 0 Å². The van der Waals surface area contributed by atoms with Gasteiger partial charge in [0.1, 0.15) is 12.4 Å². The van der Waals surface area contributed by atoms with Crippen LogP contribution in [0, 0.1) is 0 Å². The van der Waals surface area contributed by atoms with E-state index in [-0.39, 0.29) is 0 Å². The SMILES string of the molecule is CC(CC1COCCN1)NCCCOCc1ccco1. The van der Waals surface area contributed by atoms with Crippen LogP contribution in [0.4, 0.5) is 0 Å². The summed E-state index contributed by atoms with van der Waals surface area (Å²) in [5.74, 6) is 0.884. The molecule has 0 aliphatic carbocycles. The van der Waals surface area contributed by atoms with E-state index >= 15 is 0 Å². The van der Waals surface area contributed by atoms with Crippen LogP contribution in [0.1, 0.15) is 25.5 Å². The van der Waals surface area contributed by atoms with Crippen molar-refractivity contribution in [3.05, 3.63) is 24.2 Å². The Hall–Kier alpha value is -0.880. The minimum absolute atomic E-state index is 0.487. The van der Waals surface area contributed by atoms with Crippen LogP contribution in [-0.4, -0.2) is 45.0 Å². The number of morpholine rings is 1. The molecule has 0 spiro atoms. The van der Waals surface area contributed by atoms with Crippen molar-refractivity contribution in [3.63, 3.8) is 0 Å². The lowest BCUT2D eigenvalue weighted by atomic mass is 10.1.